The minimum absolute atomic E-state index is 0.713. The molecule has 0 radical (unpaired) electrons. The van der Waals surface area contributed by atoms with Crippen LogP contribution in [0.5, 0.6) is 5.75 Å². The standard InChI is InChI=1S/C11H15NO2S/c1-9-4-5-10(11(8-9)14-2)12-15(13)6-3-7-15/h4-5,8H,3,6-7H2,1-2H3. The molecule has 0 atom stereocenters. The second-order valence-corrected chi connectivity index (χ2v) is 6.35. The predicted molar refractivity (Wildman–Crippen MR) is 62.3 cm³/mol. The maximum Gasteiger partial charge on any atom is 0.145 e. The first-order valence-electron chi connectivity index (χ1n) is 5.00. The second-order valence-electron chi connectivity index (χ2n) is 3.80. The molecule has 2 rings (SSSR count). The predicted octanol–water partition coefficient (Wildman–Crippen LogP) is 2.51. The highest BCUT2D eigenvalue weighted by Crippen LogP contribution is 2.31. The van der Waals surface area contributed by atoms with E-state index in [-0.39, 0.29) is 0 Å². The van der Waals surface area contributed by atoms with E-state index in [9.17, 15) is 4.21 Å². The Morgan fingerprint density at radius 1 is 1.40 bits per heavy atom. The Morgan fingerprint density at radius 3 is 2.67 bits per heavy atom. The van der Waals surface area contributed by atoms with E-state index in [1.54, 1.807) is 7.11 Å². The Labute approximate surface area is 90.6 Å². The molecule has 1 aromatic rings. The van der Waals surface area contributed by atoms with Gasteiger partial charge in [0, 0.05) is 11.5 Å². The molecule has 1 saturated heterocycles. The summed E-state index contributed by atoms with van der Waals surface area (Å²) in [5.74, 6) is 2.17. The van der Waals surface area contributed by atoms with Crippen molar-refractivity contribution in [2.45, 2.75) is 13.3 Å². The lowest BCUT2D eigenvalue weighted by Gasteiger charge is -2.18. The SMILES string of the molecule is COc1cc(C)ccc1N=S1(=O)CCC1. The van der Waals surface area contributed by atoms with Crippen LogP contribution in [0.25, 0.3) is 0 Å². The van der Waals surface area contributed by atoms with Crippen LogP contribution in [-0.2, 0) is 9.73 Å². The van der Waals surface area contributed by atoms with Crippen molar-refractivity contribution >= 4 is 15.4 Å². The van der Waals surface area contributed by atoms with E-state index in [4.69, 9.17) is 4.74 Å². The number of methoxy groups -OCH3 is 1. The van der Waals surface area contributed by atoms with E-state index in [0.29, 0.717) is 11.4 Å². The number of aryl methyl sites for hydroxylation is 1. The first-order valence-corrected chi connectivity index (χ1v) is 6.85. The van der Waals surface area contributed by atoms with Crippen LogP contribution in [0.3, 0.4) is 0 Å². The van der Waals surface area contributed by atoms with Gasteiger partial charge in [0.15, 0.2) is 0 Å². The summed E-state index contributed by atoms with van der Waals surface area (Å²) in [5.41, 5.74) is 1.84. The van der Waals surface area contributed by atoms with Crippen LogP contribution >= 0.6 is 0 Å². The summed E-state index contributed by atoms with van der Waals surface area (Å²) in [4.78, 5) is 0. The average molecular weight is 225 g/mol. The molecule has 1 aliphatic heterocycles. The van der Waals surface area contributed by atoms with Crippen LogP contribution in [0.4, 0.5) is 5.69 Å². The molecule has 0 amide bonds. The van der Waals surface area contributed by atoms with Gasteiger partial charge in [-0.15, -0.1) is 0 Å². The maximum absolute atomic E-state index is 11.9. The summed E-state index contributed by atoms with van der Waals surface area (Å²) >= 11 is 0. The van der Waals surface area contributed by atoms with Gasteiger partial charge in [-0.3, -0.25) is 0 Å². The number of benzene rings is 1. The molecule has 1 fully saturated rings. The summed E-state index contributed by atoms with van der Waals surface area (Å²) in [5, 5.41) is 0. The molecule has 4 heteroatoms. The van der Waals surface area contributed by atoms with E-state index in [2.05, 4.69) is 4.36 Å². The Bertz CT molecular complexity index is 477. The molecule has 0 aliphatic carbocycles. The summed E-state index contributed by atoms with van der Waals surface area (Å²) in [7, 11) is -0.330. The van der Waals surface area contributed by atoms with Crippen LogP contribution < -0.4 is 4.74 Å². The zero-order valence-corrected chi connectivity index (χ0v) is 9.84. The van der Waals surface area contributed by atoms with Gasteiger partial charge in [0.25, 0.3) is 0 Å². The third-order valence-corrected chi connectivity index (χ3v) is 4.91. The molecule has 0 saturated carbocycles. The summed E-state index contributed by atoms with van der Waals surface area (Å²) in [6, 6.07) is 5.75. The van der Waals surface area contributed by atoms with Crippen molar-refractivity contribution in [1.29, 1.82) is 0 Å². The number of nitrogens with zero attached hydrogens (tertiary/aromatic N) is 1. The monoisotopic (exact) mass is 225 g/mol. The molecule has 0 N–H and O–H groups in total. The van der Waals surface area contributed by atoms with Crippen LogP contribution in [-0.4, -0.2) is 22.8 Å². The Morgan fingerprint density at radius 2 is 2.13 bits per heavy atom. The zero-order valence-electron chi connectivity index (χ0n) is 9.03. The molecule has 1 aromatic carbocycles. The molecule has 0 unspecified atom stereocenters. The molecule has 1 heterocycles. The van der Waals surface area contributed by atoms with Crippen molar-refractivity contribution in [3.8, 4) is 5.75 Å². The zero-order chi connectivity index (χ0) is 10.9. The van der Waals surface area contributed by atoms with Crippen LogP contribution in [0.15, 0.2) is 22.6 Å². The highest BCUT2D eigenvalue weighted by Gasteiger charge is 2.19. The van der Waals surface area contributed by atoms with Gasteiger partial charge in [-0.25, -0.2) is 4.21 Å². The van der Waals surface area contributed by atoms with Crippen LogP contribution in [0.1, 0.15) is 12.0 Å². The maximum atomic E-state index is 11.9. The van der Waals surface area contributed by atoms with Crippen LogP contribution in [0.2, 0.25) is 0 Å². The van der Waals surface area contributed by atoms with Gasteiger partial charge in [-0.1, -0.05) is 6.07 Å². The normalized spacial score (nSPS) is 18.0. The lowest BCUT2D eigenvalue weighted by atomic mass is 10.2. The lowest BCUT2D eigenvalue weighted by Crippen LogP contribution is -2.23. The van der Waals surface area contributed by atoms with Gasteiger partial charge in [-0.05, 0) is 31.0 Å². The molecule has 3 nitrogen and oxygen atoms in total. The number of ether oxygens (including phenoxy) is 1. The molecular weight excluding hydrogens is 210 g/mol. The Balaban J connectivity index is 2.44. The van der Waals surface area contributed by atoms with Gasteiger partial charge in [-0.2, -0.15) is 4.36 Å². The molecule has 0 aromatic heterocycles. The topological polar surface area (TPSA) is 38.7 Å². The number of rotatable bonds is 2. The van der Waals surface area contributed by atoms with Gasteiger partial charge < -0.3 is 4.74 Å². The van der Waals surface area contributed by atoms with Crippen LogP contribution in [0, 0.1) is 6.92 Å². The smallest absolute Gasteiger partial charge is 0.145 e. The van der Waals surface area contributed by atoms with Gasteiger partial charge >= 0.3 is 0 Å². The average Bonchev–Trinajstić information content (AvgIpc) is 2.18. The van der Waals surface area contributed by atoms with E-state index in [1.807, 2.05) is 25.1 Å². The minimum atomic E-state index is -1.94. The van der Waals surface area contributed by atoms with Crippen molar-refractivity contribution in [2.75, 3.05) is 18.6 Å². The van der Waals surface area contributed by atoms with E-state index in [0.717, 1.165) is 23.5 Å². The Hall–Kier alpha value is -1.03. The summed E-state index contributed by atoms with van der Waals surface area (Å²) < 4.78 is 21.5. The highest BCUT2D eigenvalue weighted by molar-refractivity contribution is 7.95. The lowest BCUT2D eigenvalue weighted by molar-refractivity contribution is 0.416. The fourth-order valence-corrected chi connectivity index (χ4v) is 3.00. The second kappa shape index (κ2) is 3.85. The first-order chi connectivity index (χ1) is 7.13. The van der Waals surface area contributed by atoms with Gasteiger partial charge in [0.2, 0.25) is 0 Å². The van der Waals surface area contributed by atoms with E-state index >= 15 is 0 Å². The van der Waals surface area contributed by atoms with Crippen molar-refractivity contribution in [2.24, 2.45) is 4.36 Å². The van der Waals surface area contributed by atoms with E-state index in [1.165, 1.54) is 0 Å². The molecule has 0 spiro atoms. The van der Waals surface area contributed by atoms with Gasteiger partial charge in [0.05, 0.1) is 16.8 Å². The molecular formula is C11H15NO2S. The fourth-order valence-electron chi connectivity index (χ4n) is 1.52. The van der Waals surface area contributed by atoms with Gasteiger partial charge in [0.1, 0.15) is 11.4 Å². The van der Waals surface area contributed by atoms with Crippen molar-refractivity contribution in [3.05, 3.63) is 23.8 Å². The quantitative estimate of drug-likeness (QED) is 0.775. The molecule has 1 aliphatic rings. The largest absolute Gasteiger partial charge is 0.494 e. The number of hydrogen-bond donors (Lipinski definition) is 0. The molecule has 15 heavy (non-hydrogen) atoms. The van der Waals surface area contributed by atoms with Crippen molar-refractivity contribution in [1.82, 2.24) is 0 Å². The number of hydrogen-bond acceptors (Lipinski definition) is 3. The first kappa shape index (κ1) is 10.5. The third-order valence-electron chi connectivity index (χ3n) is 2.53. The fraction of sp³-hybridized carbons (Fsp3) is 0.455. The minimum Gasteiger partial charge on any atom is -0.494 e. The summed E-state index contributed by atoms with van der Waals surface area (Å²) in [6.45, 7) is 2.00. The highest BCUT2D eigenvalue weighted by atomic mass is 32.2. The third kappa shape index (κ3) is 2.15. The molecule has 82 valence electrons. The Kier molecular flexibility index (Phi) is 2.69. The van der Waals surface area contributed by atoms with Crippen molar-refractivity contribution in [3.63, 3.8) is 0 Å². The van der Waals surface area contributed by atoms with E-state index < -0.39 is 9.73 Å². The molecule has 0 bridgehead atoms. The van der Waals surface area contributed by atoms with Crippen molar-refractivity contribution < 1.29 is 8.95 Å². The summed E-state index contributed by atoms with van der Waals surface area (Å²) in [6.07, 6.45) is 1.02.